The van der Waals surface area contributed by atoms with Crippen LogP contribution in [0.3, 0.4) is 0 Å². The summed E-state index contributed by atoms with van der Waals surface area (Å²) in [6.07, 6.45) is -6.85. The Balaban J connectivity index is 1.71. The van der Waals surface area contributed by atoms with E-state index in [2.05, 4.69) is 15.5 Å². The molecule has 1 aromatic carbocycles. The van der Waals surface area contributed by atoms with E-state index in [1.807, 2.05) is 24.3 Å². The summed E-state index contributed by atoms with van der Waals surface area (Å²) in [4.78, 5) is 26.2. The Kier molecular flexibility index (Phi) is 12.3. The van der Waals surface area contributed by atoms with Crippen LogP contribution in [0.5, 0.6) is 0 Å². The van der Waals surface area contributed by atoms with Crippen LogP contribution in [0, 0.1) is 0 Å². The lowest BCUT2D eigenvalue weighted by atomic mass is 9.99. The number of carbonyl (C=O) groups is 2. The van der Waals surface area contributed by atoms with E-state index in [4.69, 9.17) is 33.0 Å². The first kappa shape index (κ1) is 28.5. The number of aliphatic hydroxyl groups excluding tert-OH is 3. The van der Waals surface area contributed by atoms with Gasteiger partial charge in [0.15, 0.2) is 12.4 Å². The molecule has 5 atom stereocenters. The maximum atomic E-state index is 14.1. The van der Waals surface area contributed by atoms with Gasteiger partial charge in [0.25, 0.3) is 0 Å². The minimum Gasteiger partial charge on any atom is -0.394 e. The molecule has 0 aromatic heterocycles. The lowest BCUT2D eigenvalue weighted by molar-refractivity contribution is -0.219. The van der Waals surface area contributed by atoms with Gasteiger partial charge in [-0.1, -0.05) is 12.1 Å². The number of halogens is 3. The summed E-state index contributed by atoms with van der Waals surface area (Å²) in [5, 5.41) is 33.1. The Labute approximate surface area is 208 Å². The number of benzene rings is 1. The maximum absolute atomic E-state index is 14.1. The molecule has 0 bridgehead atoms. The molecule has 2 rings (SSSR count). The third-order valence-electron chi connectivity index (χ3n) is 5.48. The summed E-state index contributed by atoms with van der Waals surface area (Å²) in [5.74, 6) is -0.0630. The number of carbonyl (C=O) groups excluding carboxylic acids is 2. The van der Waals surface area contributed by atoms with Crippen LogP contribution in [0.4, 0.5) is 10.1 Å². The van der Waals surface area contributed by atoms with Crippen molar-refractivity contribution < 1.29 is 34.0 Å². The van der Waals surface area contributed by atoms with Crippen molar-refractivity contribution in [2.24, 2.45) is 0 Å². The molecule has 0 unspecified atom stereocenters. The third-order valence-corrected chi connectivity index (χ3v) is 5.81. The standard InChI is InChI=1S/C22H32Cl2FN3O6/c23-8-10-28(11-9-24)15-6-4-14(5-7-15)2-1-3-17(30)26-12-18(31)27-22-19(25)21(33)20(32)16(13-29)34-22/h4-7,16,19-22,29,32-33H,1-3,8-13H2,(H,26,30)(H,27,31)/t16-,19-,20-,21-,22-/m1/s1. The van der Waals surface area contributed by atoms with Crippen LogP contribution >= 0.6 is 23.2 Å². The molecule has 5 N–H and O–H groups in total. The van der Waals surface area contributed by atoms with Crippen molar-refractivity contribution in [3.05, 3.63) is 29.8 Å². The second-order valence-corrected chi connectivity index (χ2v) is 8.69. The number of rotatable bonds is 13. The number of alkyl halides is 3. The van der Waals surface area contributed by atoms with E-state index in [1.54, 1.807) is 0 Å². The van der Waals surface area contributed by atoms with Gasteiger partial charge in [-0.3, -0.25) is 9.59 Å². The zero-order chi connectivity index (χ0) is 25.1. The molecule has 1 aromatic rings. The fraction of sp³-hybridized carbons (Fsp3) is 0.636. The first-order valence-electron chi connectivity index (χ1n) is 11.1. The molecule has 0 aliphatic carbocycles. The van der Waals surface area contributed by atoms with Crippen molar-refractivity contribution in [2.45, 2.75) is 50.0 Å². The van der Waals surface area contributed by atoms with Crippen LogP contribution in [-0.2, 0) is 20.7 Å². The molecule has 12 heteroatoms. The van der Waals surface area contributed by atoms with Crippen LogP contribution in [0.2, 0.25) is 0 Å². The van der Waals surface area contributed by atoms with E-state index in [-0.39, 0.29) is 12.3 Å². The van der Waals surface area contributed by atoms with Gasteiger partial charge in [-0.2, -0.15) is 0 Å². The second kappa shape index (κ2) is 14.7. The van der Waals surface area contributed by atoms with Crippen molar-refractivity contribution in [3.8, 4) is 0 Å². The highest BCUT2D eigenvalue weighted by Crippen LogP contribution is 2.22. The molecule has 0 saturated carbocycles. The monoisotopic (exact) mass is 523 g/mol. The Morgan fingerprint density at radius 1 is 1.06 bits per heavy atom. The molecule has 0 radical (unpaired) electrons. The van der Waals surface area contributed by atoms with Crippen molar-refractivity contribution in [3.63, 3.8) is 0 Å². The molecular weight excluding hydrogens is 492 g/mol. The average molecular weight is 524 g/mol. The molecule has 1 saturated heterocycles. The van der Waals surface area contributed by atoms with Gasteiger partial charge in [0.1, 0.15) is 18.3 Å². The van der Waals surface area contributed by atoms with Gasteiger partial charge in [-0.15, -0.1) is 23.2 Å². The lowest BCUT2D eigenvalue weighted by Gasteiger charge is -2.38. The van der Waals surface area contributed by atoms with E-state index < -0.39 is 49.8 Å². The van der Waals surface area contributed by atoms with E-state index in [9.17, 15) is 24.2 Å². The fourth-order valence-corrected chi connectivity index (χ4v) is 3.98. The number of hydrogen-bond donors (Lipinski definition) is 5. The Bertz CT molecular complexity index is 768. The largest absolute Gasteiger partial charge is 0.394 e. The molecule has 9 nitrogen and oxygen atoms in total. The number of ether oxygens (including phenoxy) is 1. The zero-order valence-corrected chi connectivity index (χ0v) is 20.2. The van der Waals surface area contributed by atoms with Crippen LogP contribution in [0.25, 0.3) is 0 Å². The number of nitrogens with one attached hydrogen (secondary N) is 2. The van der Waals surface area contributed by atoms with Crippen LogP contribution in [0.1, 0.15) is 18.4 Å². The fourth-order valence-electron chi connectivity index (χ4n) is 3.57. The summed E-state index contributed by atoms with van der Waals surface area (Å²) in [5.41, 5.74) is 2.09. The molecule has 192 valence electrons. The summed E-state index contributed by atoms with van der Waals surface area (Å²) < 4.78 is 19.2. The Morgan fingerprint density at radius 3 is 2.29 bits per heavy atom. The summed E-state index contributed by atoms with van der Waals surface area (Å²) >= 11 is 11.7. The van der Waals surface area contributed by atoms with Gasteiger partial charge in [0.05, 0.1) is 13.2 Å². The SMILES string of the molecule is O=C(CCCc1ccc(N(CCCl)CCCl)cc1)NCC(=O)N[C@@H]1O[C@H](CO)[C@@H](O)[C@H](O)[C@H]1F. The quantitative estimate of drug-likeness (QED) is 0.235. The van der Waals surface area contributed by atoms with Crippen LogP contribution in [-0.4, -0.2) is 95.8 Å². The second-order valence-electron chi connectivity index (χ2n) is 7.93. The molecular formula is C22H32Cl2FN3O6. The van der Waals surface area contributed by atoms with Gasteiger partial charge in [-0.05, 0) is 30.5 Å². The number of hydrogen-bond acceptors (Lipinski definition) is 7. The van der Waals surface area contributed by atoms with E-state index in [0.717, 1.165) is 11.3 Å². The molecule has 1 fully saturated rings. The van der Waals surface area contributed by atoms with Gasteiger partial charge in [-0.25, -0.2) is 4.39 Å². The molecule has 2 amide bonds. The minimum atomic E-state index is -2.08. The van der Waals surface area contributed by atoms with Crippen molar-refractivity contribution in [1.29, 1.82) is 0 Å². The molecule has 1 heterocycles. The molecule has 0 spiro atoms. The maximum Gasteiger partial charge on any atom is 0.241 e. The molecule has 34 heavy (non-hydrogen) atoms. The summed E-state index contributed by atoms with van der Waals surface area (Å²) in [6, 6.07) is 7.95. The Hall–Kier alpha value is -1.69. The third kappa shape index (κ3) is 8.51. The van der Waals surface area contributed by atoms with Gasteiger partial charge in [0.2, 0.25) is 11.8 Å². The zero-order valence-electron chi connectivity index (χ0n) is 18.7. The van der Waals surface area contributed by atoms with Gasteiger partial charge < -0.3 is 35.6 Å². The van der Waals surface area contributed by atoms with Gasteiger partial charge >= 0.3 is 0 Å². The predicted molar refractivity (Wildman–Crippen MR) is 127 cm³/mol. The highest BCUT2D eigenvalue weighted by atomic mass is 35.5. The van der Waals surface area contributed by atoms with Crippen molar-refractivity contribution in [2.75, 3.05) is 42.9 Å². The lowest BCUT2D eigenvalue weighted by Crippen LogP contribution is -2.62. The highest BCUT2D eigenvalue weighted by molar-refractivity contribution is 6.18. The number of aliphatic hydroxyl groups is 3. The highest BCUT2D eigenvalue weighted by Gasteiger charge is 2.45. The van der Waals surface area contributed by atoms with E-state index >= 15 is 0 Å². The summed E-state index contributed by atoms with van der Waals surface area (Å²) in [6.45, 7) is 0.338. The smallest absolute Gasteiger partial charge is 0.241 e. The minimum absolute atomic E-state index is 0.197. The first-order valence-corrected chi connectivity index (χ1v) is 12.2. The number of aryl methyl sites for hydroxylation is 1. The summed E-state index contributed by atoms with van der Waals surface area (Å²) in [7, 11) is 0. The normalized spacial score (nSPS) is 24.5. The number of anilines is 1. The number of amides is 2. The topological polar surface area (TPSA) is 131 Å². The van der Waals surface area contributed by atoms with Crippen LogP contribution in [0.15, 0.2) is 24.3 Å². The van der Waals surface area contributed by atoms with E-state index in [0.29, 0.717) is 37.7 Å². The van der Waals surface area contributed by atoms with Crippen molar-refractivity contribution in [1.82, 2.24) is 10.6 Å². The average Bonchev–Trinajstić information content (AvgIpc) is 2.83. The molecule has 1 aliphatic heterocycles. The Morgan fingerprint density at radius 2 is 1.71 bits per heavy atom. The predicted octanol–water partition coefficient (Wildman–Crippen LogP) is 0.303. The van der Waals surface area contributed by atoms with Gasteiger partial charge in [0, 0.05) is 37.0 Å². The first-order chi connectivity index (χ1) is 16.3. The van der Waals surface area contributed by atoms with Crippen LogP contribution < -0.4 is 15.5 Å². The number of nitrogens with zero attached hydrogens (tertiary/aromatic N) is 1. The van der Waals surface area contributed by atoms with E-state index in [1.165, 1.54) is 0 Å². The van der Waals surface area contributed by atoms with Crippen molar-refractivity contribution >= 4 is 40.7 Å². The molecule has 1 aliphatic rings.